The Labute approximate surface area is 133 Å². The number of carbonyl (C=O) groups is 1. The quantitative estimate of drug-likeness (QED) is 0.782. The van der Waals surface area contributed by atoms with Crippen molar-refractivity contribution in [2.75, 3.05) is 13.6 Å². The Kier molecular flexibility index (Phi) is 4.27. The molecule has 0 radical (unpaired) electrons. The number of rotatable bonds is 5. The second-order valence-electron chi connectivity index (χ2n) is 5.47. The second-order valence-corrected chi connectivity index (χ2v) is 5.47. The second kappa shape index (κ2) is 6.51. The highest BCUT2D eigenvalue weighted by Crippen LogP contribution is 2.06. The van der Waals surface area contributed by atoms with Crippen LogP contribution in [0.25, 0.3) is 5.65 Å². The number of amides is 2. The van der Waals surface area contributed by atoms with Crippen LogP contribution in [0.5, 0.6) is 0 Å². The maximum absolute atomic E-state index is 12.0. The molecular weight excluding hydrogens is 294 g/mol. The number of aromatic nitrogens is 3. The van der Waals surface area contributed by atoms with Gasteiger partial charge in [0, 0.05) is 38.5 Å². The molecule has 0 aliphatic heterocycles. The molecule has 7 heteroatoms. The predicted molar refractivity (Wildman–Crippen MR) is 85.0 cm³/mol. The molecule has 0 bridgehead atoms. The van der Waals surface area contributed by atoms with Gasteiger partial charge >= 0.3 is 6.03 Å². The number of nitrogens with zero attached hydrogens (tertiary/aromatic N) is 4. The van der Waals surface area contributed by atoms with E-state index in [4.69, 9.17) is 4.52 Å². The van der Waals surface area contributed by atoms with E-state index >= 15 is 0 Å². The molecule has 0 fully saturated rings. The van der Waals surface area contributed by atoms with Crippen LogP contribution in [0.2, 0.25) is 0 Å². The first-order valence-electron chi connectivity index (χ1n) is 7.45. The standard InChI is InChI=1S/C16H19N5O2/c1-12-9-14(19-23-12)10-20(2)16(22)17-7-6-13-11-21-8-4-3-5-15(21)18-13/h3-5,8-9,11H,6-7,10H2,1-2H3,(H,17,22). The van der Waals surface area contributed by atoms with Gasteiger partial charge in [0.2, 0.25) is 0 Å². The van der Waals surface area contributed by atoms with E-state index in [1.807, 2.05) is 48.0 Å². The minimum Gasteiger partial charge on any atom is -0.361 e. The van der Waals surface area contributed by atoms with Crippen molar-refractivity contribution in [2.45, 2.75) is 19.9 Å². The molecule has 0 spiro atoms. The Balaban J connectivity index is 1.48. The van der Waals surface area contributed by atoms with Crippen LogP contribution in [-0.2, 0) is 13.0 Å². The summed E-state index contributed by atoms with van der Waals surface area (Å²) in [6.45, 7) is 2.77. The van der Waals surface area contributed by atoms with Gasteiger partial charge in [0.15, 0.2) is 0 Å². The Morgan fingerprint density at radius 3 is 3.00 bits per heavy atom. The summed E-state index contributed by atoms with van der Waals surface area (Å²) in [7, 11) is 1.73. The van der Waals surface area contributed by atoms with E-state index in [0.717, 1.165) is 22.8 Å². The first-order chi connectivity index (χ1) is 11.1. The third-order valence-corrected chi connectivity index (χ3v) is 3.49. The molecule has 0 aromatic carbocycles. The van der Waals surface area contributed by atoms with Crippen LogP contribution in [0, 0.1) is 6.92 Å². The molecule has 7 nitrogen and oxygen atoms in total. The number of hydrogen-bond donors (Lipinski definition) is 1. The van der Waals surface area contributed by atoms with Crippen molar-refractivity contribution < 1.29 is 9.32 Å². The van der Waals surface area contributed by atoms with E-state index < -0.39 is 0 Å². The van der Waals surface area contributed by atoms with E-state index in [2.05, 4.69) is 15.5 Å². The van der Waals surface area contributed by atoms with Gasteiger partial charge in [-0.25, -0.2) is 9.78 Å². The van der Waals surface area contributed by atoms with Crippen LogP contribution in [0.4, 0.5) is 4.79 Å². The third-order valence-electron chi connectivity index (χ3n) is 3.49. The number of urea groups is 1. The van der Waals surface area contributed by atoms with Crippen LogP contribution < -0.4 is 5.32 Å². The molecule has 0 saturated carbocycles. The van der Waals surface area contributed by atoms with E-state index in [9.17, 15) is 4.79 Å². The number of imidazole rings is 1. The van der Waals surface area contributed by atoms with E-state index in [1.165, 1.54) is 0 Å². The molecule has 23 heavy (non-hydrogen) atoms. The number of pyridine rings is 1. The van der Waals surface area contributed by atoms with Gasteiger partial charge in [-0.15, -0.1) is 0 Å². The van der Waals surface area contributed by atoms with E-state index in [-0.39, 0.29) is 6.03 Å². The van der Waals surface area contributed by atoms with Crippen molar-refractivity contribution in [1.29, 1.82) is 0 Å². The lowest BCUT2D eigenvalue weighted by atomic mass is 10.3. The number of nitrogens with one attached hydrogen (secondary N) is 1. The maximum atomic E-state index is 12.0. The van der Waals surface area contributed by atoms with Crippen LogP contribution >= 0.6 is 0 Å². The topological polar surface area (TPSA) is 75.7 Å². The maximum Gasteiger partial charge on any atom is 0.317 e. The summed E-state index contributed by atoms with van der Waals surface area (Å²) >= 11 is 0. The van der Waals surface area contributed by atoms with Crippen LogP contribution in [0.3, 0.4) is 0 Å². The van der Waals surface area contributed by atoms with Gasteiger partial charge in [0.25, 0.3) is 0 Å². The Morgan fingerprint density at radius 2 is 2.26 bits per heavy atom. The lowest BCUT2D eigenvalue weighted by molar-refractivity contribution is 0.205. The van der Waals surface area contributed by atoms with Crippen LogP contribution in [-0.4, -0.2) is 39.1 Å². The summed E-state index contributed by atoms with van der Waals surface area (Å²) in [6, 6.07) is 7.54. The summed E-state index contributed by atoms with van der Waals surface area (Å²) in [5.74, 6) is 0.737. The minimum atomic E-state index is -0.144. The minimum absolute atomic E-state index is 0.144. The van der Waals surface area contributed by atoms with Crippen LogP contribution in [0.1, 0.15) is 17.1 Å². The SMILES string of the molecule is Cc1cc(CN(C)C(=O)NCCc2cn3ccccc3n2)no1. The third kappa shape index (κ3) is 3.68. The van der Waals surface area contributed by atoms with Crippen molar-refractivity contribution in [1.82, 2.24) is 24.8 Å². The monoisotopic (exact) mass is 313 g/mol. The highest BCUT2D eigenvalue weighted by atomic mass is 16.5. The fourth-order valence-electron chi connectivity index (χ4n) is 2.35. The van der Waals surface area contributed by atoms with Gasteiger partial charge < -0.3 is 19.1 Å². The highest BCUT2D eigenvalue weighted by Gasteiger charge is 2.11. The molecule has 0 aliphatic rings. The van der Waals surface area contributed by atoms with Gasteiger partial charge in [0.05, 0.1) is 12.2 Å². The van der Waals surface area contributed by atoms with Gasteiger partial charge in [-0.3, -0.25) is 0 Å². The predicted octanol–water partition coefficient (Wildman–Crippen LogP) is 2.01. The normalized spacial score (nSPS) is 10.9. The highest BCUT2D eigenvalue weighted by molar-refractivity contribution is 5.73. The van der Waals surface area contributed by atoms with Gasteiger partial charge in [-0.2, -0.15) is 0 Å². The zero-order valence-electron chi connectivity index (χ0n) is 13.2. The van der Waals surface area contributed by atoms with Gasteiger partial charge in [-0.1, -0.05) is 11.2 Å². The lowest BCUT2D eigenvalue weighted by Gasteiger charge is -2.16. The van der Waals surface area contributed by atoms with Gasteiger partial charge in [-0.05, 0) is 19.1 Å². The Morgan fingerprint density at radius 1 is 1.39 bits per heavy atom. The molecule has 0 unspecified atom stereocenters. The van der Waals surface area contributed by atoms with Gasteiger partial charge in [0.1, 0.15) is 17.1 Å². The van der Waals surface area contributed by atoms with Crippen LogP contribution in [0.15, 0.2) is 41.2 Å². The first-order valence-corrected chi connectivity index (χ1v) is 7.45. The summed E-state index contributed by atoms with van der Waals surface area (Å²) in [5.41, 5.74) is 2.60. The Bertz CT molecular complexity index is 775. The zero-order chi connectivity index (χ0) is 16.2. The van der Waals surface area contributed by atoms with Crippen molar-refractivity contribution in [3.05, 3.63) is 53.8 Å². The molecule has 3 rings (SSSR count). The van der Waals surface area contributed by atoms with Crippen molar-refractivity contribution in [2.24, 2.45) is 0 Å². The fraction of sp³-hybridized carbons (Fsp3) is 0.312. The average Bonchev–Trinajstić information content (AvgIpc) is 3.12. The number of fused-ring (bicyclic) bond motifs is 1. The van der Waals surface area contributed by atoms with Crippen molar-refractivity contribution in [3.63, 3.8) is 0 Å². The summed E-state index contributed by atoms with van der Waals surface area (Å²) in [6.07, 6.45) is 4.62. The molecule has 3 aromatic rings. The molecule has 1 N–H and O–H groups in total. The molecule has 2 amide bonds. The Hall–Kier alpha value is -2.83. The number of aryl methyl sites for hydroxylation is 1. The molecule has 3 heterocycles. The van der Waals surface area contributed by atoms with Crippen molar-refractivity contribution in [3.8, 4) is 0 Å². The largest absolute Gasteiger partial charge is 0.361 e. The van der Waals surface area contributed by atoms with Crippen molar-refractivity contribution >= 4 is 11.7 Å². The van der Waals surface area contributed by atoms with E-state index in [0.29, 0.717) is 19.5 Å². The fourth-order valence-corrected chi connectivity index (χ4v) is 2.35. The number of hydrogen-bond acceptors (Lipinski definition) is 4. The average molecular weight is 313 g/mol. The number of carbonyl (C=O) groups excluding carboxylic acids is 1. The molecule has 0 saturated heterocycles. The summed E-state index contributed by atoms with van der Waals surface area (Å²) < 4.78 is 6.96. The van der Waals surface area contributed by atoms with E-state index in [1.54, 1.807) is 11.9 Å². The molecule has 0 atom stereocenters. The first kappa shape index (κ1) is 15.1. The molecular formula is C16H19N5O2. The lowest BCUT2D eigenvalue weighted by Crippen LogP contribution is -2.37. The molecule has 120 valence electrons. The summed E-state index contributed by atoms with van der Waals surface area (Å²) in [5, 5.41) is 6.76. The summed E-state index contributed by atoms with van der Waals surface area (Å²) in [4.78, 5) is 18.1. The molecule has 0 aliphatic carbocycles. The zero-order valence-corrected chi connectivity index (χ0v) is 13.2. The molecule has 3 aromatic heterocycles. The smallest absolute Gasteiger partial charge is 0.317 e.